The highest BCUT2D eigenvalue weighted by Crippen LogP contribution is 2.62. The van der Waals surface area contributed by atoms with Crippen LogP contribution in [0.2, 0.25) is 0 Å². The Hall–Kier alpha value is -0.760. The Morgan fingerprint density at radius 2 is 2.05 bits per heavy atom. The Bertz CT molecular complexity index is 492. The first-order valence-electron chi connectivity index (χ1n) is 8.93. The number of aliphatic hydroxyl groups excluding tert-OH is 2. The first kappa shape index (κ1) is 13.9. The van der Waals surface area contributed by atoms with Crippen LogP contribution < -0.4 is 0 Å². The summed E-state index contributed by atoms with van der Waals surface area (Å²) < 4.78 is 0. The molecular weight excluding hydrogens is 260 g/mol. The zero-order chi connectivity index (χ0) is 14.6. The molecule has 0 aromatic carbocycles. The highest BCUT2D eigenvalue weighted by molar-refractivity contribution is 5.31. The highest BCUT2D eigenvalue weighted by Gasteiger charge is 2.56. The Kier molecular flexibility index (Phi) is 3.22. The van der Waals surface area contributed by atoms with E-state index in [2.05, 4.69) is 13.0 Å². The molecule has 0 bridgehead atoms. The summed E-state index contributed by atoms with van der Waals surface area (Å²) in [6, 6.07) is 0. The lowest BCUT2D eigenvalue weighted by molar-refractivity contribution is -0.0603. The fourth-order valence-corrected chi connectivity index (χ4v) is 6.40. The van der Waals surface area contributed by atoms with Crippen molar-refractivity contribution in [2.45, 2.75) is 64.4 Å². The van der Waals surface area contributed by atoms with E-state index in [-0.39, 0.29) is 11.5 Å². The van der Waals surface area contributed by atoms with Crippen LogP contribution in [0.3, 0.4) is 0 Å². The van der Waals surface area contributed by atoms with Gasteiger partial charge in [-0.15, -0.1) is 0 Å². The van der Waals surface area contributed by atoms with Crippen LogP contribution in [0.1, 0.15) is 58.3 Å². The minimum atomic E-state index is -0.0610. The summed E-state index contributed by atoms with van der Waals surface area (Å²) in [6.07, 6.45) is 13.4. The van der Waals surface area contributed by atoms with Gasteiger partial charge in [-0.3, -0.25) is 0 Å². The zero-order valence-corrected chi connectivity index (χ0v) is 13.1. The molecule has 0 radical (unpaired) electrons. The molecule has 4 aliphatic rings. The topological polar surface area (TPSA) is 40.5 Å². The number of rotatable bonds is 1. The van der Waals surface area contributed by atoms with E-state index >= 15 is 0 Å². The largest absolute Gasteiger partial charge is 0.512 e. The Morgan fingerprint density at radius 1 is 1.19 bits per heavy atom. The van der Waals surface area contributed by atoms with Gasteiger partial charge in [0.05, 0.1) is 11.9 Å². The zero-order valence-electron chi connectivity index (χ0n) is 13.1. The Balaban J connectivity index is 1.66. The lowest BCUT2D eigenvalue weighted by Gasteiger charge is -2.53. The van der Waals surface area contributed by atoms with Gasteiger partial charge in [0, 0.05) is 6.42 Å². The summed E-state index contributed by atoms with van der Waals surface area (Å²) in [5.41, 5.74) is 1.63. The molecule has 0 amide bonds. The van der Waals surface area contributed by atoms with Crippen molar-refractivity contribution in [3.05, 3.63) is 23.5 Å². The molecule has 0 aromatic heterocycles. The van der Waals surface area contributed by atoms with Gasteiger partial charge in [-0.05, 0) is 85.7 Å². The molecule has 2 fully saturated rings. The third kappa shape index (κ3) is 1.87. The highest BCUT2D eigenvalue weighted by atomic mass is 16.3. The molecule has 21 heavy (non-hydrogen) atoms. The fraction of sp³-hybridized carbons (Fsp3) is 0.789. The molecule has 0 aromatic rings. The molecule has 116 valence electrons. The van der Waals surface area contributed by atoms with Crippen molar-refractivity contribution in [3.8, 4) is 0 Å². The quantitative estimate of drug-likeness (QED) is 0.752. The lowest BCUT2D eigenvalue weighted by atomic mass is 9.52. The van der Waals surface area contributed by atoms with E-state index in [4.69, 9.17) is 0 Å². The van der Waals surface area contributed by atoms with E-state index in [1.165, 1.54) is 31.3 Å². The van der Waals surface area contributed by atoms with E-state index in [0.29, 0.717) is 11.7 Å². The number of hydrogen-bond donors (Lipinski definition) is 2. The van der Waals surface area contributed by atoms with Gasteiger partial charge < -0.3 is 10.2 Å². The van der Waals surface area contributed by atoms with Crippen molar-refractivity contribution in [1.29, 1.82) is 0 Å². The molecule has 0 heterocycles. The van der Waals surface area contributed by atoms with Crippen LogP contribution >= 0.6 is 0 Å². The summed E-state index contributed by atoms with van der Waals surface area (Å²) in [5, 5.41) is 20.4. The summed E-state index contributed by atoms with van der Waals surface area (Å²) in [6.45, 7) is 2.29. The van der Waals surface area contributed by atoms with Gasteiger partial charge in [0.2, 0.25) is 0 Å². The van der Waals surface area contributed by atoms with Crippen LogP contribution in [0.15, 0.2) is 23.5 Å². The molecule has 2 saturated carbocycles. The van der Waals surface area contributed by atoms with Crippen LogP contribution in [0, 0.1) is 29.1 Å². The van der Waals surface area contributed by atoms with Crippen LogP contribution in [-0.2, 0) is 0 Å². The van der Waals surface area contributed by atoms with Crippen LogP contribution in [0.4, 0.5) is 0 Å². The summed E-state index contributed by atoms with van der Waals surface area (Å²) in [7, 11) is 0. The monoisotopic (exact) mass is 288 g/mol. The third-order valence-corrected chi connectivity index (χ3v) is 7.44. The lowest BCUT2D eigenvalue weighted by Crippen LogP contribution is -2.47. The number of fused-ring (bicyclic) bond motifs is 5. The molecule has 0 spiro atoms. The molecule has 2 nitrogen and oxygen atoms in total. The van der Waals surface area contributed by atoms with Crippen LogP contribution in [0.5, 0.6) is 0 Å². The number of hydrogen-bond acceptors (Lipinski definition) is 2. The first-order valence-corrected chi connectivity index (χ1v) is 8.93. The second kappa shape index (κ2) is 4.87. The van der Waals surface area contributed by atoms with Crippen LogP contribution in [0.25, 0.3) is 0 Å². The van der Waals surface area contributed by atoms with E-state index in [9.17, 15) is 10.2 Å². The van der Waals surface area contributed by atoms with Crippen LogP contribution in [-0.4, -0.2) is 16.3 Å². The second-order valence-electron chi connectivity index (χ2n) is 7.87. The molecule has 0 aliphatic heterocycles. The summed E-state index contributed by atoms with van der Waals surface area (Å²) in [5.74, 6) is 3.55. The van der Waals surface area contributed by atoms with E-state index in [1.807, 2.05) is 6.08 Å². The number of allylic oxidation sites excluding steroid dienone is 4. The molecule has 0 saturated heterocycles. The van der Waals surface area contributed by atoms with Gasteiger partial charge in [0.1, 0.15) is 0 Å². The predicted molar refractivity (Wildman–Crippen MR) is 83.8 cm³/mol. The standard InChI is InChI=1S/C19H28O2/c1-2-19-10-9-15-14-6-4-13(20)11-12(14)3-5-16(15)17(19)7-8-18(19)21/h3,11,14-18,20-21H,2,4-10H2,1H3/t14-,15+,16+,17-,18?,19-/m0/s1. The van der Waals surface area contributed by atoms with E-state index < -0.39 is 0 Å². The molecule has 1 unspecified atom stereocenters. The van der Waals surface area contributed by atoms with E-state index in [0.717, 1.165) is 43.4 Å². The van der Waals surface area contributed by atoms with Gasteiger partial charge in [0.25, 0.3) is 0 Å². The van der Waals surface area contributed by atoms with Crippen molar-refractivity contribution in [1.82, 2.24) is 0 Å². The third-order valence-electron chi connectivity index (χ3n) is 7.44. The van der Waals surface area contributed by atoms with Crippen molar-refractivity contribution in [2.75, 3.05) is 0 Å². The van der Waals surface area contributed by atoms with Gasteiger partial charge in [-0.25, -0.2) is 0 Å². The van der Waals surface area contributed by atoms with Gasteiger partial charge >= 0.3 is 0 Å². The molecular formula is C19H28O2. The first-order chi connectivity index (χ1) is 10.2. The molecule has 4 rings (SSSR count). The van der Waals surface area contributed by atoms with Gasteiger partial charge in [-0.1, -0.05) is 13.0 Å². The van der Waals surface area contributed by atoms with Crippen molar-refractivity contribution in [3.63, 3.8) is 0 Å². The SMILES string of the molecule is CC[C@]12CC[C@H]3[C@@H](CC=C4C=C(O)CC[C@@H]43)[C@@H]1CCC2O. The Morgan fingerprint density at radius 3 is 2.86 bits per heavy atom. The van der Waals surface area contributed by atoms with Crippen molar-refractivity contribution in [2.24, 2.45) is 29.1 Å². The molecule has 2 N–H and O–H groups in total. The average molecular weight is 288 g/mol. The maximum atomic E-state index is 10.6. The maximum Gasteiger partial charge on any atom is 0.0925 e. The maximum absolute atomic E-state index is 10.6. The molecule has 2 heteroatoms. The minimum absolute atomic E-state index is 0.0610. The molecule has 4 aliphatic carbocycles. The molecule has 6 atom stereocenters. The van der Waals surface area contributed by atoms with Crippen molar-refractivity contribution >= 4 is 0 Å². The van der Waals surface area contributed by atoms with E-state index in [1.54, 1.807) is 0 Å². The van der Waals surface area contributed by atoms with Gasteiger partial charge in [-0.2, -0.15) is 0 Å². The second-order valence-corrected chi connectivity index (χ2v) is 7.87. The van der Waals surface area contributed by atoms with Gasteiger partial charge in [0.15, 0.2) is 0 Å². The number of aliphatic hydroxyl groups is 2. The minimum Gasteiger partial charge on any atom is -0.512 e. The normalized spacial score (nSPS) is 48.8. The Labute approximate surface area is 127 Å². The summed E-state index contributed by atoms with van der Waals surface area (Å²) >= 11 is 0. The summed E-state index contributed by atoms with van der Waals surface area (Å²) in [4.78, 5) is 0. The average Bonchev–Trinajstić information content (AvgIpc) is 2.84. The smallest absolute Gasteiger partial charge is 0.0925 e. The fourth-order valence-electron chi connectivity index (χ4n) is 6.40. The van der Waals surface area contributed by atoms with Crippen molar-refractivity contribution < 1.29 is 10.2 Å². The predicted octanol–water partition coefficient (Wildman–Crippen LogP) is 4.36.